The standard InChI is InChI=1S/C20H18ClNO2/c1-10-7-13-16(9-15(10)21)22-19-17(13)18(23)12-6-5-11(24-4)8-14(12)20(19,2)3/h5-9,22H,1-4H3. The zero-order valence-electron chi connectivity index (χ0n) is 14.1. The molecule has 4 rings (SSSR count). The molecule has 1 heterocycles. The maximum atomic E-state index is 13.2. The Morgan fingerprint density at radius 1 is 1.17 bits per heavy atom. The van der Waals surface area contributed by atoms with Gasteiger partial charge in [-0.15, -0.1) is 0 Å². The van der Waals surface area contributed by atoms with E-state index >= 15 is 0 Å². The highest BCUT2D eigenvalue weighted by Crippen LogP contribution is 2.45. The van der Waals surface area contributed by atoms with Gasteiger partial charge in [-0.25, -0.2) is 0 Å². The number of methoxy groups -OCH3 is 1. The van der Waals surface area contributed by atoms with Crippen LogP contribution in [0, 0.1) is 6.92 Å². The third-order valence-corrected chi connectivity index (χ3v) is 5.48. The molecule has 0 aliphatic heterocycles. The molecule has 0 fully saturated rings. The zero-order chi connectivity index (χ0) is 17.2. The molecule has 0 amide bonds. The van der Waals surface area contributed by atoms with Gasteiger partial charge in [0.1, 0.15) is 5.75 Å². The first kappa shape index (κ1) is 15.3. The molecular formula is C20H18ClNO2. The van der Waals surface area contributed by atoms with E-state index < -0.39 is 0 Å². The number of H-pyrrole nitrogens is 1. The average molecular weight is 340 g/mol. The highest BCUT2D eigenvalue weighted by molar-refractivity contribution is 6.32. The number of hydrogen-bond donors (Lipinski definition) is 1. The number of ether oxygens (including phenoxy) is 1. The van der Waals surface area contributed by atoms with Gasteiger partial charge < -0.3 is 9.72 Å². The number of carbonyl (C=O) groups excluding carboxylic acids is 1. The SMILES string of the molecule is COc1ccc2c(c1)C(C)(C)c1[nH]c3cc(Cl)c(C)cc3c1C2=O. The van der Waals surface area contributed by atoms with Crippen molar-refractivity contribution in [3.05, 3.63) is 63.3 Å². The summed E-state index contributed by atoms with van der Waals surface area (Å²) in [5.74, 6) is 0.808. The Hall–Kier alpha value is -2.26. The van der Waals surface area contributed by atoms with E-state index in [1.807, 2.05) is 37.3 Å². The molecule has 0 bridgehead atoms. The van der Waals surface area contributed by atoms with Crippen LogP contribution in [0.3, 0.4) is 0 Å². The van der Waals surface area contributed by atoms with E-state index in [9.17, 15) is 4.79 Å². The molecule has 1 aromatic heterocycles. The largest absolute Gasteiger partial charge is 0.497 e. The van der Waals surface area contributed by atoms with Gasteiger partial charge in [-0.05, 0) is 48.4 Å². The Labute approximate surface area is 145 Å². The van der Waals surface area contributed by atoms with E-state index in [1.54, 1.807) is 7.11 Å². The highest BCUT2D eigenvalue weighted by atomic mass is 35.5. The first-order valence-corrected chi connectivity index (χ1v) is 8.28. The average Bonchev–Trinajstić information content (AvgIpc) is 2.92. The number of hydrogen-bond acceptors (Lipinski definition) is 2. The molecule has 2 aromatic carbocycles. The Bertz CT molecular complexity index is 1010. The summed E-state index contributed by atoms with van der Waals surface area (Å²) >= 11 is 6.27. The van der Waals surface area contributed by atoms with Crippen molar-refractivity contribution in [1.82, 2.24) is 4.98 Å². The molecule has 0 spiro atoms. The topological polar surface area (TPSA) is 42.1 Å². The third-order valence-electron chi connectivity index (χ3n) is 5.07. The van der Waals surface area contributed by atoms with Crippen LogP contribution < -0.4 is 4.74 Å². The fourth-order valence-corrected chi connectivity index (χ4v) is 3.83. The van der Waals surface area contributed by atoms with Gasteiger partial charge in [0.05, 0.1) is 12.7 Å². The van der Waals surface area contributed by atoms with Crippen LogP contribution in [0.2, 0.25) is 5.02 Å². The molecule has 4 heteroatoms. The number of rotatable bonds is 1. The van der Waals surface area contributed by atoms with Crippen molar-refractivity contribution >= 4 is 28.3 Å². The molecule has 24 heavy (non-hydrogen) atoms. The van der Waals surface area contributed by atoms with Crippen LogP contribution in [-0.2, 0) is 5.41 Å². The summed E-state index contributed by atoms with van der Waals surface area (Å²) in [7, 11) is 1.64. The van der Waals surface area contributed by atoms with Crippen molar-refractivity contribution in [2.24, 2.45) is 0 Å². The molecule has 1 aliphatic rings. The summed E-state index contributed by atoms with van der Waals surface area (Å²) in [4.78, 5) is 16.6. The first-order chi connectivity index (χ1) is 11.3. The van der Waals surface area contributed by atoms with Crippen LogP contribution in [0.1, 0.15) is 46.6 Å². The van der Waals surface area contributed by atoms with Crippen LogP contribution in [0.15, 0.2) is 30.3 Å². The van der Waals surface area contributed by atoms with Crippen LogP contribution in [0.25, 0.3) is 10.9 Å². The Balaban J connectivity index is 2.08. The molecule has 0 radical (unpaired) electrons. The van der Waals surface area contributed by atoms with Gasteiger partial charge in [-0.2, -0.15) is 0 Å². The molecule has 3 aromatic rings. The maximum Gasteiger partial charge on any atom is 0.195 e. The molecule has 122 valence electrons. The number of aromatic amines is 1. The molecule has 0 saturated carbocycles. The number of halogens is 1. The molecular weight excluding hydrogens is 322 g/mol. The van der Waals surface area contributed by atoms with E-state index in [4.69, 9.17) is 16.3 Å². The maximum absolute atomic E-state index is 13.2. The van der Waals surface area contributed by atoms with Crippen LogP contribution in [-0.4, -0.2) is 17.9 Å². The Morgan fingerprint density at radius 2 is 1.92 bits per heavy atom. The molecule has 1 N–H and O–H groups in total. The molecule has 0 saturated heterocycles. The lowest BCUT2D eigenvalue weighted by atomic mass is 9.71. The molecule has 1 aliphatic carbocycles. The van der Waals surface area contributed by atoms with Crippen molar-refractivity contribution in [1.29, 1.82) is 0 Å². The number of aromatic nitrogens is 1. The Morgan fingerprint density at radius 3 is 2.62 bits per heavy atom. The van der Waals surface area contributed by atoms with Crippen molar-refractivity contribution in [3.8, 4) is 5.75 Å². The normalized spacial score (nSPS) is 15.3. The smallest absolute Gasteiger partial charge is 0.195 e. The van der Waals surface area contributed by atoms with Crippen LogP contribution >= 0.6 is 11.6 Å². The summed E-state index contributed by atoms with van der Waals surface area (Å²) in [6.45, 7) is 6.21. The zero-order valence-corrected chi connectivity index (χ0v) is 14.8. The predicted molar refractivity (Wildman–Crippen MR) is 96.6 cm³/mol. The van der Waals surface area contributed by atoms with Gasteiger partial charge in [0.2, 0.25) is 0 Å². The number of aryl methyl sites for hydroxylation is 1. The van der Waals surface area contributed by atoms with Crippen LogP contribution in [0.5, 0.6) is 5.75 Å². The lowest BCUT2D eigenvalue weighted by Gasteiger charge is -2.32. The molecule has 0 atom stereocenters. The predicted octanol–water partition coefficient (Wildman–Crippen LogP) is 5.01. The second kappa shape index (κ2) is 4.87. The first-order valence-electron chi connectivity index (χ1n) is 7.90. The molecule has 0 unspecified atom stereocenters. The van der Waals surface area contributed by atoms with E-state index in [-0.39, 0.29) is 11.2 Å². The molecule has 3 nitrogen and oxygen atoms in total. The quantitative estimate of drug-likeness (QED) is 0.677. The van der Waals surface area contributed by atoms with Gasteiger partial charge in [0.15, 0.2) is 5.78 Å². The fraction of sp³-hybridized carbons (Fsp3) is 0.250. The summed E-state index contributed by atoms with van der Waals surface area (Å²) in [6.07, 6.45) is 0. The number of ketones is 1. The van der Waals surface area contributed by atoms with Gasteiger partial charge in [0, 0.05) is 32.6 Å². The second-order valence-corrected chi connectivity index (χ2v) is 7.29. The third kappa shape index (κ3) is 1.88. The van der Waals surface area contributed by atoms with Gasteiger partial charge in [-0.3, -0.25) is 4.79 Å². The summed E-state index contributed by atoms with van der Waals surface area (Å²) in [6, 6.07) is 9.56. The van der Waals surface area contributed by atoms with Gasteiger partial charge in [0.25, 0.3) is 0 Å². The second-order valence-electron chi connectivity index (χ2n) is 6.89. The van der Waals surface area contributed by atoms with Crippen LogP contribution in [0.4, 0.5) is 0 Å². The van der Waals surface area contributed by atoms with E-state index in [0.29, 0.717) is 5.02 Å². The lowest BCUT2D eigenvalue weighted by Crippen LogP contribution is -2.30. The minimum absolute atomic E-state index is 0.0509. The van der Waals surface area contributed by atoms with Gasteiger partial charge >= 0.3 is 0 Å². The van der Waals surface area contributed by atoms with Crippen molar-refractivity contribution in [2.75, 3.05) is 7.11 Å². The van der Waals surface area contributed by atoms with Crippen molar-refractivity contribution < 1.29 is 9.53 Å². The number of nitrogens with one attached hydrogen (secondary N) is 1. The number of carbonyl (C=O) groups is 1. The van der Waals surface area contributed by atoms with Crippen molar-refractivity contribution in [3.63, 3.8) is 0 Å². The van der Waals surface area contributed by atoms with Gasteiger partial charge in [-0.1, -0.05) is 25.4 Å². The number of benzene rings is 2. The van der Waals surface area contributed by atoms with E-state index in [1.165, 1.54) is 0 Å². The highest BCUT2D eigenvalue weighted by Gasteiger charge is 2.39. The van der Waals surface area contributed by atoms with Crippen molar-refractivity contribution in [2.45, 2.75) is 26.2 Å². The minimum Gasteiger partial charge on any atom is -0.497 e. The fourth-order valence-electron chi connectivity index (χ4n) is 3.66. The Kier molecular flexibility index (Phi) is 3.10. The lowest BCUT2D eigenvalue weighted by molar-refractivity contribution is 0.103. The monoisotopic (exact) mass is 339 g/mol. The summed E-state index contributed by atoms with van der Waals surface area (Å²) in [5, 5.41) is 1.64. The number of fused-ring (bicyclic) bond motifs is 4. The van der Waals surface area contributed by atoms with E-state index in [0.717, 1.165) is 44.6 Å². The minimum atomic E-state index is -0.327. The summed E-state index contributed by atoms with van der Waals surface area (Å²) < 4.78 is 5.35. The van der Waals surface area contributed by atoms with E-state index in [2.05, 4.69) is 18.8 Å². The summed E-state index contributed by atoms with van der Waals surface area (Å²) in [5.41, 5.74) is 4.95.